The van der Waals surface area contributed by atoms with Crippen LogP contribution in [-0.2, 0) is 13.0 Å². The molecule has 0 spiro atoms. The number of ether oxygens (including phenoxy) is 1. The van der Waals surface area contributed by atoms with Crippen molar-refractivity contribution in [1.29, 1.82) is 0 Å². The summed E-state index contributed by atoms with van der Waals surface area (Å²) in [6.07, 6.45) is 3.05. The molecule has 2 unspecified atom stereocenters. The molecular formula is C30H34N2O2. The number of fused-ring (bicyclic) bond motifs is 2. The van der Waals surface area contributed by atoms with E-state index in [9.17, 15) is 4.79 Å². The summed E-state index contributed by atoms with van der Waals surface area (Å²) in [4.78, 5) is 15.0. The Bertz CT molecular complexity index is 1070. The van der Waals surface area contributed by atoms with E-state index in [2.05, 4.69) is 71.7 Å². The van der Waals surface area contributed by atoms with Crippen molar-refractivity contribution in [3.63, 3.8) is 0 Å². The third-order valence-corrected chi connectivity index (χ3v) is 7.50. The molecule has 3 aromatic rings. The quantitative estimate of drug-likeness (QED) is 0.488. The summed E-state index contributed by atoms with van der Waals surface area (Å²) >= 11 is 0. The van der Waals surface area contributed by atoms with Gasteiger partial charge in [0.25, 0.3) is 0 Å². The Hall–Kier alpha value is -3.11. The number of hydrogen-bond acceptors (Lipinski definition) is 3. The molecule has 2 aliphatic rings. The second-order valence-corrected chi connectivity index (χ2v) is 10.0. The van der Waals surface area contributed by atoms with Gasteiger partial charge in [-0.2, -0.15) is 0 Å². The molecule has 1 saturated heterocycles. The number of nitrogens with one attached hydrogen (secondary N) is 1. The van der Waals surface area contributed by atoms with Gasteiger partial charge in [-0.3, -0.25) is 4.90 Å². The van der Waals surface area contributed by atoms with E-state index >= 15 is 0 Å². The van der Waals surface area contributed by atoms with Gasteiger partial charge in [0.2, 0.25) is 0 Å². The lowest BCUT2D eigenvalue weighted by Crippen LogP contribution is -2.46. The number of carbonyl (C=O) groups excluding carboxylic acids is 1. The number of hydrogen-bond donors (Lipinski definition) is 1. The van der Waals surface area contributed by atoms with Crippen LogP contribution in [0.1, 0.15) is 35.1 Å². The highest BCUT2D eigenvalue weighted by Gasteiger charge is 2.41. The second kappa shape index (κ2) is 10.4. The van der Waals surface area contributed by atoms with Crippen molar-refractivity contribution >= 4 is 6.09 Å². The van der Waals surface area contributed by atoms with Gasteiger partial charge < -0.3 is 10.1 Å². The summed E-state index contributed by atoms with van der Waals surface area (Å²) in [6.45, 7) is 6.07. The molecule has 4 heteroatoms. The van der Waals surface area contributed by atoms with E-state index in [0.29, 0.717) is 30.0 Å². The first-order valence-electron chi connectivity index (χ1n) is 12.5. The molecule has 4 nitrogen and oxygen atoms in total. The summed E-state index contributed by atoms with van der Waals surface area (Å²) in [6, 6.07) is 27.1. The monoisotopic (exact) mass is 454 g/mol. The normalized spacial score (nSPS) is 21.9. The molecule has 3 aromatic carbocycles. The van der Waals surface area contributed by atoms with E-state index in [1.54, 1.807) is 0 Å². The molecule has 2 atom stereocenters. The van der Waals surface area contributed by atoms with Crippen LogP contribution in [0.4, 0.5) is 4.79 Å². The van der Waals surface area contributed by atoms with Gasteiger partial charge in [-0.25, -0.2) is 4.79 Å². The van der Waals surface area contributed by atoms with Gasteiger partial charge in [0.1, 0.15) is 5.75 Å². The third-order valence-electron chi connectivity index (χ3n) is 7.50. The fourth-order valence-corrected chi connectivity index (χ4v) is 5.70. The lowest BCUT2D eigenvalue weighted by Gasteiger charge is -2.38. The maximum absolute atomic E-state index is 12.5. The van der Waals surface area contributed by atoms with Gasteiger partial charge in [0.05, 0.1) is 0 Å². The highest BCUT2D eigenvalue weighted by Crippen LogP contribution is 2.42. The molecule has 0 radical (unpaired) electrons. The summed E-state index contributed by atoms with van der Waals surface area (Å²) in [5.74, 6) is 2.45. The molecule has 5 rings (SSSR count). The van der Waals surface area contributed by atoms with Gasteiger partial charge in [0, 0.05) is 26.2 Å². The van der Waals surface area contributed by atoms with Crippen molar-refractivity contribution in [1.82, 2.24) is 10.2 Å². The van der Waals surface area contributed by atoms with Crippen molar-refractivity contribution in [2.75, 3.05) is 19.6 Å². The van der Waals surface area contributed by atoms with Crippen LogP contribution in [-0.4, -0.2) is 30.6 Å². The molecule has 1 saturated carbocycles. The predicted octanol–water partition coefficient (Wildman–Crippen LogP) is 5.83. The smallest absolute Gasteiger partial charge is 0.410 e. The fraction of sp³-hybridized carbons (Fsp3) is 0.367. The Morgan fingerprint density at radius 1 is 0.853 bits per heavy atom. The number of nitrogens with zero attached hydrogens (tertiary/aromatic N) is 1. The average Bonchev–Trinajstić information content (AvgIpc) is 3.09. The lowest BCUT2D eigenvalue weighted by atomic mass is 9.85. The Morgan fingerprint density at radius 3 is 2.12 bits per heavy atom. The van der Waals surface area contributed by atoms with Crippen LogP contribution in [0, 0.1) is 24.7 Å². The number of amides is 1. The maximum Gasteiger partial charge on any atom is 0.412 e. The Balaban J connectivity index is 1.08. The summed E-state index contributed by atoms with van der Waals surface area (Å²) in [7, 11) is 0. The summed E-state index contributed by atoms with van der Waals surface area (Å²) in [5.41, 5.74) is 5.13. The van der Waals surface area contributed by atoms with Gasteiger partial charge in [-0.15, -0.1) is 0 Å². The van der Waals surface area contributed by atoms with Crippen molar-refractivity contribution in [3.05, 3.63) is 101 Å². The van der Waals surface area contributed by atoms with Crippen molar-refractivity contribution < 1.29 is 9.53 Å². The largest absolute Gasteiger partial charge is 0.412 e. The van der Waals surface area contributed by atoms with Crippen LogP contribution in [0.25, 0.3) is 0 Å². The minimum absolute atomic E-state index is 0.350. The van der Waals surface area contributed by atoms with E-state index in [0.717, 1.165) is 26.1 Å². The molecule has 1 heterocycles. The van der Waals surface area contributed by atoms with Crippen molar-refractivity contribution in [2.24, 2.45) is 17.8 Å². The molecule has 1 N–H and O–H groups in total. The van der Waals surface area contributed by atoms with Crippen LogP contribution < -0.4 is 10.1 Å². The topological polar surface area (TPSA) is 41.6 Å². The van der Waals surface area contributed by atoms with Crippen LogP contribution in [0.3, 0.4) is 0 Å². The maximum atomic E-state index is 12.5. The molecule has 1 aliphatic carbocycles. The standard InChI is InChI=1S/C30H34N2O2/c1-22-7-9-23(10-8-22)17-24-11-15-28(16-12-24)34-30(33)31-18-29-26-13-14-27(29)21-32(20-26)19-25-5-3-2-4-6-25/h2-12,15-16,26-27,29H,13-14,17-21H2,1H3,(H,31,33). The van der Waals surface area contributed by atoms with E-state index in [1.807, 2.05) is 24.3 Å². The highest BCUT2D eigenvalue weighted by molar-refractivity contribution is 5.70. The molecule has 2 bridgehead atoms. The fourth-order valence-electron chi connectivity index (χ4n) is 5.70. The molecule has 1 aliphatic heterocycles. The van der Waals surface area contributed by atoms with Crippen LogP contribution >= 0.6 is 0 Å². The molecule has 2 fully saturated rings. The zero-order valence-electron chi connectivity index (χ0n) is 20.0. The van der Waals surface area contributed by atoms with Crippen LogP contribution in [0.5, 0.6) is 5.75 Å². The number of aryl methyl sites for hydroxylation is 1. The first-order chi connectivity index (χ1) is 16.6. The van der Waals surface area contributed by atoms with Crippen LogP contribution in [0.2, 0.25) is 0 Å². The van der Waals surface area contributed by atoms with Gasteiger partial charge in [0.15, 0.2) is 0 Å². The minimum atomic E-state index is -0.350. The van der Waals surface area contributed by atoms with E-state index in [-0.39, 0.29) is 6.09 Å². The van der Waals surface area contributed by atoms with E-state index in [1.165, 1.54) is 35.1 Å². The molecular weight excluding hydrogens is 420 g/mol. The number of benzene rings is 3. The number of rotatable bonds is 7. The van der Waals surface area contributed by atoms with E-state index < -0.39 is 0 Å². The van der Waals surface area contributed by atoms with Gasteiger partial charge >= 0.3 is 6.09 Å². The highest BCUT2D eigenvalue weighted by atomic mass is 16.6. The predicted molar refractivity (Wildman–Crippen MR) is 136 cm³/mol. The van der Waals surface area contributed by atoms with Crippen LogP contribution in [0.15, 0.2) is 78.9 Å². The summed E-state index contributed by atoms with van der Waals surface area (Å²) < 4.78 is 5.56. The zero-order valence-corrected chi connectivity index (χ0v) is 20.0. The van der Waals surface area contributed by atoms with Gasteiger partial charge in [-0.05, 0) is 72.8 Å². The van der Waals surface area contributed by atoms with Gasteiger partial charge in [-0.1, -0.05) is 72.3 Å². The average molecular weight is 455 g/mol. The third kappa shape index (κ3) is 5.68. The Morgan fingerprint density at radius 2 is 1.47 bits per heavy atom. The minimum Gasteiger partial charge on any atom is -0.410 e. The number of carbonyl (C=O) groups is 1. The Labute approximate surface area is 202 Å². The van der Waals surface area contributed by atoms with Crippen molar-refractivity contribution in [3.8, 4) is 5.75 Å². The Kier molecular flexibility index (Phi) is 6.96. The molecule has 34 heavy (non-hydrogen) atoms. The molecule has 0 aromatic heterocycles. The van der Waals surface area contributed by atoms with E-state index in [4.69, 9.17) is 4.74 Å². The SMILES string of the molecule is Cc1ccc(Cc2ccc(OC(=O)NCC3C4CCC3CN(Cc3ccccc3)C4)cc2)cc1. The summed E-state index contributed by atoms with van der Waals surface area (Å²) in [5, 5.41) is 3.05. The number of likely N-dealkylation sites (tertiary alicyclic amines) is 1. The molecule has 176 valence electrons. The first-order valence-corrected chi connectivity index (χ1v) is 12.5. The first kappa shape index (κ1) is 22.7. The molecule has 1 amide bonds. The number of piperidine rings is 1. The zero-order chi connectivity index (χ0) is 23.3. The lowest BCUT2D eigenvalue weighted by molar-refractivity contribution is 0.102. The second-order valence-electron chi connectivity index (χ2n) is 10.0. The van der Waals surface area contributed by atoms with Crippen molar-refractivity contribution in [2.45, 2.75) is 32.7 Å².